The monoisotopic (exact) mass is 430 g/mol. The average molecular weight is 431 g/mol. The summed E-state index contributed by atoms with van der Waals surface area (Å²) in [5, 5.41) is 7.03. The molecule has 4 aromatic carbocycles. The van der Waals surface area contributed by atoms with Crippen LogP contribution in [0.15, 0.2) is 120 Å². The molecule has 0 fully saturated rings. The van der Waals surface area contributed by atoms with Crippen molar-refractivity contribution in [1.82, 2.24) is 0 Å². The standard InChI is InChI=1S/C29H22N2O2/c32-28-24-18-10-11-19-25(24)33-20-29(28)26(21-12-4-1-5-13-21)27(22-14-6-2-7-15-22)30-31(29)23-16-8-3-9-17-23/h1-19,26H,20H2. The molecule has 4 nitrogen and oxygen atoms in total. The molecule has 2 aliphatic heterocycles. The Balaban J connectivity index is 1.63. The summed E-state index contributed by atoms with van der Waals surface area (Å²) in [5.74, 6) is 0.347. The Morgan fingerprint density at radius 1 is 0.758 bits per heavy atom. The molecule has 0 amide bonds. The number of benzene rings is 4. The molecular formula is C29H22N2O2. The van der Waals surface area contributed by atoms with E-state index in [1.54, 1.807) is 0 Å². The first kappa shape index (κ1) is 19.5. The van der Waals surface area contributed by atoms with Gasteiger partial charge in [-0.15, -0.1) is 0 Å². The Hall–Kier alpha value is -4.18. The Labute approximate surface area is 192 Å². The quantitative estimate of drug-likeness (QED) is 0.418. The summed E-state index contributed by atoms with van der Waals surface area (Å²) >= 11 is 0. The number of hydrazone groups is 1. The van der Waals surface area contributed by atoms with E-state index in [0.717, 1.165) is 22.5 Å². The van der Waals surface area contributed by atoms with Crippen molar-refractivity contribution in [2.24, 2.45) is 5.10 Å². The van der Waals surface area contributed by atoms with Crippen LogP contribution in [0.2, 0.25) is 0 Å². The van der Waals surface area contributed by atoms with Gasteiger partial charge >= 0.3 is 0 Å². The van der Waals surface area contributed by atoms with Crippen LogP contribution in [0.4, 0.5) is 5.69 Å². The molecule has 1 spiro atoms. The van der Waals surface area contributed by atoms with Gasteiger partial charge in [0.25, 0.3) is 0 Å². The van der Waals surface area contributed by atoms with E-state index in [1.165, 1.54) is 0 Å². The van der Waals surface area contributed by atoms with Gasteiger partial charge in [0, 0.05) is 0 Å². The normalized spacial score (nSPS) is 21.5. The van der Waals surface area contributed by atoms with Crippen molar-refractivity contribution in [2.45, 2.75) is 11.5 Å². The van der Waals surface area contributed by atoms with E-state index in [9.17, 15) is 4.79 Å². The summed E-state index contributed by atoms with van der Waals surface area (Å²) in [6.07, 6.45) is 0. The smallest absolute Gasteiger partial charge is 0.198 e. The zero-order valence-electron chi connectivity index (χ0n) is 18.0. The molecule has 0 N–H and O–H groups in total. The minimum atomic E-state index is -1.04. The molecule has 2 unspecified atom stereocenters. The molecule has 0 saturated carbocycles. The molecule has 160 valence electrons. The molecule has 4 heteroatoms. The molecule has 6 rings (SSSR count). The van der Waals surface area contributed by atoms with Gasteiger partial charge in [-0.05, 0) is 35.4 Å². The van der Waals surface area contributed by atoms with Gasteiger partial charge in [0.2, 0.25) is 0 Å². The van der Waals surface area contributed by atoms with Crippen molar-refractivity contribution in [3.63, 3.8) is 0 Å². The van der Waals surface area contributed by atoms with Crippen LogP contribution in [-0.2, 0) is 0 Å². The van der Waals surface area contributed by atoms with Crippen molar-refractivity contribution in [1.29, 1.82) is 0 Å². The highest BCUT2D eigenvalue weighted by atomic mass is 16.5. The number of Topliss-reactive ketones (excluding diaryl/α,β-unsaturated/α-hetero) is 1. The van der Waals surface area contributed by atoms with E-state index in [0.29, 0.717) is 11.3 Å². The number of nitrogens with zero attached hydrogens (tertiary/aromatic N) is 2. The van der Waals surface area contributed by atoms with Gasteiger partial charge in [0.1, 0.15) is 12.4 Å². The number of para-hydroxylation sites is 2. The van der Waals surface area contributed by atoms with E-state index in [1.807, 2.05) is 96.0 Å². The Bertz CT molecular complexity index is 1340. The largest absolute Gasteiger partial charge is 0.490 e. The second kappa shape index (κ2) is 7.75. The fourth-order valence-corrected chi connectivity index (χ4v) is 5.01. The van der Waals surface area contributed by atoms with Crippen LogP contribution in [0.1, 0.15) is 27.4 Å². The fraction of sp³-hybridized carbons (Fsp3) is 0.103. The lowest BCUT2D eigenvalue weighted by atomic mass is 9.70. The van der Waals surface area contributed by atoms with Crippen LogP contribution in [-0.4, -0.2) is 23.6 Å². The third-order valence-electron chi connectivity index (χ3n) is 6.51. The second-order valence-corrected chi connectivity index (χ2v) is 8.38. The number of fused-ring (bicyclic) bond motifs is 1. The van der Waals surface area contributed by atoms with Gasteiger partial charge in [-0.1, -0.05) is 91.0 Å². The van der Waals surface area contributed by atoms with E-state index in [4.69, 9.17) is 9.84 Å². The van der Waals surface area contributed by atoms with Crippen molar-refractivity contribution >= 4 is 17.2 Å². The van der Waals surface area contributed by atoms with E-state index in [-0.39, 0.29) is 18.3 Å². The van der Waals surface area contributed by atoms with Gasteiger partial charge in [-0.2, -0.15) is 5.10 Å². The SMILES string of the molecule is O=C1c2ccccc2OCC12C(c1ccccc1)C(c1ccccc1)=NN2c1ccccc1. The fourth-order valence-electron chi connectivity index (χ4n) is 5.01. The molecule has 0 aliphatic carbocycles. The summed E-state index contributed by atoms with van der Waals surface area (Å²) in [5.41, 5.74) is 3.31. The van der Waals surface area contributed by atoms with E-state index < -0.39 is 5.54 Å². The van der Waals surface area contributed by atoms with E-state index in [2.05, 4.69) is 24.3 Å². The third-order valence-corrected chi connectivity index (χ3v) is 6.51. The lowest BCUT2D eigenvalue weighted by Crippen LogP contribution is -2.60. The van der Waals surface area contributed by atoms with Crippen LogP contribution < -0.4 is 9.75 Å². The number of hydrogen-bond acceptors (Lipinski definition) is 4. The minimum Gasteiger partial charge on any atom is -0.490 e. The molecule has 33 heavy (non-hydrogen) atoms. The van der Waals surface area contributed by atoms with Crippen molar-refractivity contribution in [2.75, 3.05) is 11.6 Å². The summed E-state index contributed by atoms with van der Waals surface area (Å²) in [6.45, 7) is 0.205. The summed E-state index contributed by atoms with van der Waals surface area (Å²) < 4.78 is 6.28. The predicted octanol–water partition coefficient (Wildman–Crippen LogP) is 5.71. The van der Waals surface area contributed by atoms with Gasteiger partial charge < -0.3 is 4.74 Å². The predicted molar refractivity (Wildman–Crippen MR) is 130 cm³/mol. The average Bonchev–Trinajstić information content (AvgIpc) is 3.24. The number of ketones is 1. The first-order chi connectivity index (χ1) is 16.3. The van der Waals surface area contributed by atoms with Crippen LogP contribution >= 0.6 is 0 Å². The Kier molecular flexibility index (Phi) is 4.58. The minimum absolute atomic E-state index is 0.0248. The highest BCUT2D eigenvalue weighted by Crippen LogP contribution is 2.49. The zero-order valence-corrected chi connectivity index (χ0v) is 18.0. The molecule has 0 saturated heterocycles. The number of carbonyl (C=O) groups excluding carboxylic acids is 1. The molecule has 2 heterocycles. The zero-order chi connectivity index (χ0) is 22.3. The number of carbonyl (C=O) groups is 1. The van der Waals surface area contributed by atoms with Crippen molar-refractivity contribution in [3.05, 3.63) is 132 Å². The van der Waals surface area contributed by atoms with Crippen LogP contribution in [0.3, 0.4) is 0 Å². The van der Waals surface area contributed by atoms with Gasteiger partial charge in [-0.3, -0.25) is 4.79 Å². The second-order valence-electron chi connectivity index (χ2n) is 8.38. The van der Waals surface area contributed by atoms with Crippen molar-refractivity contribution < 1.29 is 9.53 Å². The van der Waals surface area contributed by atoms with Crippen LogP contribution in [0.25, 0.3) is 0 Å². The van der Waals surface area contributed by atoms with Gasteiger partial charge in [0.05, 0.1) is 22.9 Å². The molecule has 0 radical (unpaired) electrons. The van der Waals surface area contributed by atoms with Crippen molar-refractivity contribution in [3.8, 4) is 5.75 Å². The highest BCUT2D eigenvalue weighted by Gasteiger charge is 2.60. The number of hydrogen-bond donors (Lipinski definition) is 0. The number of rotatable bonds is 3. The number of anilines is 1. The topological polar surface area (TPSA) is 41.9 Å². The molecule has 0 aromatic heterocycles. The Morgan fingerprint density at radius 2 is 1.36 bits per heavy atom. The van der Waals surface area contributed by atoms with Crippen LogP contribution in [0.5, 0.6) is 5.75 Å². The maximum Gasteiger partial charge on any atom is 0.198 e. The Morgan fingerprint density at radius 3 is 2.09 bits per heavy atom. The molecule has 4 aromatic rings. The van der Waals surface area contributed by atoms with Gasteiger partial charge in [-0.25, -0.2) is 5.01 Å². The van der Waals surface area contributed by atoms with E-state index >= 15 is 0 Å². The lowest BCUT2D eigenvalue weighted by Gasteiger charge is -2.43. The maximum absolute atomic E-state index is 14.4. The highest BCUT2D eigenvalue weighted by molar-refractivity contribution is 6.19. The summed E-state index contributed by atoms with van der Waals surface area (Å²) in [6, 6.07) is 37.7. The lowest BCUT2D eigenvalue weighted by molar-refractivity contribution is 0.0763. The third kappa shape index (κ3) is 2.99. The maximum atomic E-state index is 14.4. The first-order valence-electron chi connectivity index (χ1n) is 11.1. The number of ether oxygens (including phenoxy) is 1. The first-order valence-corrected chi connectivity index (χ1v) is 11.1. The molecule has 2 aliphatic rings. The summed E-state index contributed by atoms with van der Waals surface area (Å²) in [4.78, 5) is 14.4. The molecule has 2 atom stereocenters. The van der Waals surface area contributed by atoms with Gasteiger partial charge in [0.15, 0.2) is 11.3 Å². The molecular weight excluding hydrogens is 408 g/mol. The molecule has 0 bridgehead atoms. The van der Waals surface area contributed by atoms with Crippen LogP contribution in [0, 0.1) is 0 Å². The summed E-state index contributed by atoms with van der Waals surface area (Å²) in [7, 11) is 0.